The number of benzene rings is 2. The minimum atomic E-state index is -0.309. The molecule has 2 aromatic carbocycles. The number of hydrogen-bond donors (Lipinski definition) is 1. The second-order valence-electron chi connectivity index (χ2n) is 7.77. The zero-order chi connectivity index (χ0) is 21.8. The number of ether oxygens (including phenoxy) is 1. The van der Waals surface area contributed by atoms with Gasteiger partial charge in [-0.05, 0) is 54.6 Å². The third-order valence-electron chi connectivity index (χ3n) is 5.71. The highest BCUT2D eigenvalue weighted by molar-refractivity contribution is 7.10. The van der Waals surface area contributed by atoms with Gasteiger partial charge in [0, 0.05) is 23.5 Å². The minimum Gasteiger partial charge on any atom is -0.497 e. The summed E-state index contributed by atoms with van der Waals surface area (Å²) in [6, 6.07) is 19.3. The van der Waals surface area contributed by atoms with Gasteiger partial charge in [-0.1, -0.05) is 35.9 Å². The summed E-state index contributed by atoms with van der Waals surface area (Å²) in [5, 5.41) is 5.08. The van der Waals surface area contributed by atoms with Crippen molar-refractivity contribution >= 4 is 28.8 Å². The average molecular weight is 435 g/mol. The van der Waals surface area contributed by atoms with Crippen LogP contribution in [-0.2, 0) is 16.1 Å². The molecule has 4 rings (SSSR count). The Morgan fingerprint density at radius 1 is 1.13 bits per heavy atom. The second-order valence-corrected chi connectivity index (χ2v) is 8.75. The van der Waals surface area contributed by atoms with Gasteiger partial charge in [-0.2, -0.15) is 0 Å². The van der Waals surface area contributed by atoms with E-state index in [9.17, 15) is 9.59 Å². The molecule has 0 bridgehead atoms. The van der Waals surface area contributed by atoms with Crippen molar-refractivity contribution in [3.05, 3.63) is 82.0 Å². The lowest BCUT2D eigenvalue weighted by molar-refractivity contribution is -0.129. The lowest BCUT2D eigenvalue weighted by Crippen LogP contribution is -2.48. The zero-order valence-electron chi connectivity index (χ0n) is 17.7. The van der Waals surface area contributed by atoms with Crippen molar-refractivity contribution in [3.63, 3.8) is 0 Å². The monoisotopic (exact) mass is 434 g/mol. The summed E-state index contributed by atoms with van der Waals surface area (Å²) in [6.07, 6.45) is 0.897. The molecular weight excluding hydrogens is 408 g/mol. The van der Waals surface area contributed by atoms with E-state index < -0.39 is 0 Å². The molecule has 31 heavy (non-hydrogen) atoms. The molecule has 2 amide bonds. The quantitative estimate of drug-likeness (QED) is 0.602. The van der Waals surface area contributed by atoms with Crippen LogP contribution in [0.25, 0.3) is 0 Å². The highest BCUT2D eigenvalue weighted by Gasteiger charge is 2.41. The van der Waals surface area contributed by atoms with Crippen LogP contribution in [0, 0.1) is 12.8 Å². The van der Waals surface area contributed by atoms with Crippen LogP contribution in [0.4, 0.5) is 5.69 Å². The van der Waals surface area contributed by atoms with Gasteiger partial charge >= 0.3 is 0 Å². The third kappa shape index (κ3) is 4.64. The standard InChI is InChI=1S/C25H26N2O3S/c1-17-5-9-19(10-6-17)27-23(28)14-13-21(24(27)22-4-3-15-31-22)25(29)26-16-18-7-11-20(30-2)12-8-18/h3-12,15,21,24H,13-14,16H2,1-2H3,(H,26,29)/t21-,24-/m1/s1. The van der Waals surface area contributed by atoms with E-state index in [2.05, 4.69) is 5.32 Å². The molecule has 0 radical (unpaired) electrons. The number of carbonyl (C=O) groups is 2. The molecule has 0 saturated carbocycles. The Balaban J connectivity index is 1.58. The van der Waals surface area contributed by atoms with Crippen molar-refractivity contribution in [1.82, 2.24) is 5.32 Å². The molecule has 1 aliphatic rings. The number of nitrogens with zero attached hydrogens (tertiary/aromatic N) is 1. The Bertz CT molecular complexity index is 1030. The maximum absolute atomic E-state index is 13.3. The van der Waals surface area contributed by atoms with E-state index in [0.717, 1.165) is 27.4 Å². The predicted octanol–water partition coefficient (Wildman–Crippen LogP) is 4.87. The Hall–Kier alpha value is -3.12. The molecule has 1 N–H and O–H groups in total. The number of thiophene rings is 1. The molecule has 1 fully saturated rings. The van der Waals surface area contributed by atoms with Gasteiger partial charge in [0.15, 0.2) is 0 Å². The highest BCUT2D eigenvalue weighted by Crippen LogP contribution is 2.41. The Kier molecular flexibility index (Phi) is 6.37. The number of anilines is 1. The van der Waals surface area contributed by atoms with Crippen LogP contribution in [0.5, 0.6) is 5.75 Å². The van der Waals surface area contributed by atoms with E-state index in [-0.39, 0.29) is 23.8 Å². The van der Waals surface area contributed by atoms with Crippen LogP contribution < -0.4 is 15.0 Å². The fraction of sp³-hybridized carbons (Fsp3) is 0.280. The second kappa shape index (κ2) is 9.35. The summed E-state index contributed by atoms with van der Waals surface area (Å²) in [5.74, 6) is 0.503. The molecule has 1 aliphatic heterocycles. The van der Waals surface area contributed by atoms with Crippen molar-refractivity contribution in [3.8, 4) is 5.75 Å². The van der Waals surface area contributed by atoms with E-state index >= 15 is 0 Å². The summed E-state index contributed by atoms with van der Waals surface area (Å²) in [5.41, 5.74) is 2.97. The Morgan fingerprint density at radius 3 is 2.52 bits per heavy atom. The van der Waals surface area contributed by atoms with Gasteiger partial charge in [0.1, 0.15) is 5.75 Å². The Morgan fingerprint density at radius 2 is 1.87 bits per heavy atom. The summed E-state index contributed by atoms with van der Waals surface area (Å²) in [6.45, 7) is 2.46. The van der Waals surface area contributed by atoms with E-state index in [1.54, 1.807) is 18.4 Å². The van der Waals surface area contributed by atoms with Crippen LogP contribution in [0.1, 0.15) is 34.9 Å². The first kappa shape index (κ1) is 21.1. The summed E-state index contributed by atoms with van der Waals surface area (Å²) in [7, 11) is 1.63. The number of piperidine rings is 1. The molecule has 3 aromatic rings. The van der Waals surface area contributed by atoms with Gasteiger partial charge in [-0.25, -0.2) is 0 Å². The SMILES string of the molecule is COc1ccc(CNC(=O)[C@@H]2CCC(=O)N(c3ccc(C)cc3)[C@H]2c2cccs2)cc1. The van der Waals surface area contributed by atoms with Gasteiger partial charge in [-0.3, -0.25) is 9.59 Å². The van der Waals surface area contributed by atoms with Crippen molar-refractivity contribution in [2.75, 3.05) is 12.0 Å². The number of hydrogen-bond acceptors (Lipinski definition) is 4. The Labute approximate surface area is 186 Å². The number of carbonyl (C=O) groups excluding carboxylic acids is 2. The van der Waals surface area contributed by atoms with E-state index in [1.165, 1.54) is 0 Å². The number of aryl methyl sites for hydroxylation is 1. The number of rotatable bonds is 6. The number of amides is 2. The maximum Gasteiger partial charge on any atom is 0.227 e. The molecule has 6 heteroatoms. The summed E-state index contributed by atoms with van der Waals surface area (Å²) >= 11 is 1.58. The van der Waals surface area contributed by atoms with Crippen LogP contribution in [0.3, 0.4) is 0 Å². The topological polar surface area (TPSA) is 58.6 Å². The molecule has 5 nitrogen and oxygen atoms in total. The van der Waals surface area contributed by atoms with Crippen LogP contribution in [0.2, 0.25) is 0 Å². The van der Waals surface area contributed by atoms with Crippen molar-refractivity contribution < 1.29 is 14.3 Å². The lowest BCUT2D eigenvalue weighted by atomic mass is 9.86. The molecule has 1 saturated heterocycles. The number of nitrogens with one attached hydrogen (secondary N) is 1. The van der Waals surface area contributed by atoms with Gasteiger partial charge in [0.2, 0.25) is 11.8 Å². The normalized spacial score (nSPS) is 18.6. The first-order valence-electron chi connectivity index (χ1n) is 10.4. The first-order valence-corrected chi connectivity index (χ1v) is 11.3. The van der Waals surface area contributed by atoms with Crippen molar-refractivity contribution in [1.29, 1.82) is 0 Å². The van der Waals surface area contributed by atoms with Crippen LogP contribution in [-0.4, -0.2) is 18.9 Å². The van der Waals surface area contributed by atoms with Gasteiger partial charge in [-0.15, -0.1) is 11.3 Å². The number of methoxy groups -OCH3 is 1. The van der Waals surface area contributed by atoms with Gasteiger partial charge in [0.05, 0.1) is 19.1 Å². The molecule has 1 aromatic heterocycles. The van der Waals surface area contributed by atoms with Crippen LogP contribution in [0.15, 0.2) is 66.0 Å². The molecule has 2 atom stereocenters. The minimum absolute atomic E-state index is 0.0289. The highest BCUT2D eigenvalue weighted by atomic mass is 32.1. The molecule has 160 valence electrons. The van der Waals surface area contributed by atoms with E-state index in [1.807, 2.05) is 77.9 Å². The molecule has 2 heterocycles. The summed E-state index contributed by atoms with van der Waals surface area (Å²) < 4.78 is 5.19. The maximum atomic E-state index is 13.3. The van der Waals surface area contributed by atoms with Crippen molar-refractivity contribution in [2.24, 2.45) is 5.92 Å². The average Bonchev–Trinajstić information content (AvgIpc) is 3.33. The zero-order valence-corrected chi connectivity index (χ0v) is 18.5. The predicted molar refractivity (Wildman–Crippen MR) is 123 cm³/mol. The first-order chi connectivity index (χ1) is 15.1. The molecule has 0 unspecified atom stereocenters. The molecule has 0 aliphatic carbocycles. The fourth-order valence-corrected chi connectivity index (χ4v) is 4.91. The van der Waals surface area contributed by atoms with Crippen LogP contribution >= 0.6 is 11.3 Å². The lowest BCUT2D eigenvalue weighted by Gasteiger charge is -2.40. The largest absolute Gasteiger partial charge is 0.497 e. The van der Waals surface area contributed by atoms with E-state index in [4.69, 9.17) is 4.74 Å². The molecular formula is C25H26N2O3S. The fourth-order valence-electron chi connectivity index (χ4n) is 4.03. The van der Waals surface area contributed by atoms with Gasteiger partial charge in [0.25, 0.3) is 0 Å². The third-order valence-corrected chi connectivity index (χ3v) is 6.65. The smallest absolute Gasteiger partial charge is 0.227 e. The van der Waals surface area contributed by atoms with Gasteiger partial charge < -0.3 is 15.0 Å². The van der Waals surface area contributed by atoms with E-state index in [0.29, 0.717) is 19.4 Å². The molecule has 0 spiro atoms. The van der Waals surface area contributed by atoms with Crippen molar-refractivity contribution in [2.45, 2.75) is 32.4 Å². The summed E-state index contributed by atoms with van der Waals surface area (Å²) in [4.78, 5) is 29.1.